The second-order valence-electron chi connectivity index (χ2n) is 7.60. The first-order chi connectivity index (χ1) is 14.2. The molecule has 0 saturated heterocycles. The summed E-state index contributed by atoms with van der Waals surface area (Å²) in [5.74, 6) is 1.51. The molecule has 7 nitrogen and oxygen atoms in total. The molecule has 2 aliphatic carbocycles. The number of fused-ring (bicyclic) bond motifs is 1. The van der Waals surface area contributed by atoms with Crippen molar-refractivity contribution in [2.75, 3.05) is 13.7 Å². The fourth-order valence-electron chi connectivity index (χ4n) is 3.56. The lowest BCUT2D eigenvalue weighted by Gasteiger charge is -2.16. The van der Waals surface area contributed by atoms with Crippen LogP contribution in [0.15, 0.2) is 34.8 Å². The van der Waals surface area contributed by atoms with Crippen LogP contribution in [0.3, 0.4) is 0 Å². The molecule has 0 N–H and O–H groups in total. The van der Waals surface area contributed by atoms with Gasteiger partial charge < -0.3 is 9.68 Å². The smallest absolute Gasteiger partial charge is 0.129 e. The monoisotopic (exact) mass is 393 g/mol. The standard InChI is InChI=1S/C22H27N5O2/c1-15(20-13-17(10-11-23-20)16-8-9-16)26-29-12-4-7-21-24-14-18-5-3-6-19(27-28-2)22(18)25-21/h10-11,13-14,16H,3-9,12H2,1-2H3/b26-15+,27-19+. The Bertz CT molecular complexity index is 921. The Morgan fingerprint density at radius 1 is 1.24 bits per heavy atom. The van der Waals surface area contributed by atoms with Crippen LogP contribution in [-0.4, -0.2) is 40.1 Å². The normalized spacial score (nSPS) is 17.9. The molecule has 0 amide bonds. The largest absolute Gasteiger partial charge is 0.399 e. The number of hydrogen-bond donors (Lipinski definition) is 0. The predicted octanol–water partition coefficient (Wildman–Crippen LogP) is 3.81. The lowest BCUT2D eigenvalue weighted by Crippen LogP contribution is -2.17. The average Bonchev–Trinajstić information content (AvgIpc) is 3.59. The van der Waals surface area contributed by atoms with Crippen LogP contribution in [0, 0.1) is 0 Å². The quantitative estimate of drug-likeness (QED) is 0.387. The summed E-state index contributed by atoms with van der Waals surface area (Å²) in [5, 5.41) is 8.35. The number of pyridine rings is 1. The highest BCUT2D eigenvalue weighted by Gasteiger charge is 2.24. The van der Waals surface area contributed by atoms with Crippen molar-refractivity contribution in [1.29, 1.82) is 0 Å². The second-order valence-corrected chi connectivity index (χ2v) is 7.60. The Kier molecular flexibility index (Phi) is 6.12. The first kappa shape index (κ1) is 19.5. The zero-order chi connectivity index (χ0) is 20.1. The fraction of sp³-hybridized carbons (Fsp3) is 0.500. The lowest BCUT2D eigenvalue weighted by molar-refractivity contribution is 0.141. The van der Waals surface area contributed by atoms with Crippen LogP contribution < -0.4 is 0 Å². The van der Waals surface area contributed by atoms with Gasteiger partial charge in [0.1, 0.15) is 31.0 Å². The van der Waals surface area contributed by atoms with Gasteiger partial charge in [-0.25, -0.2) is 9.97 Å². The summed E-state index contributed by atoms with van der Waals surface area (Å²) in [7, 11) is 1.57. The Morgan fingerprint density at radius 3 is 2.97 bits per heavy atom. The highest BCUT2D eigenvalue weighted by Crippen LogP contribution is 2.39. The summed E-state index contributed by atoms with van der Waals surface area (Å²) in [6.45, 7) is 2.45. The van der Waals surface area contributed by atoms with Crippen molar-refractivity contribution in [3.8, 4) is 0 Å². The van der Waals surface area contributed by atoms with Gasteiger partial charge in [-0.05, 0) is 74.6 Å². The molecule has 0 atom stereocenters. The zero-order valence-electron chi connectivity index (χ0n) is 17.1. The molecule has 4 rings (SSSR count). The van der Waals surface area contributed by atoms with Crippen molar-refractivity contribution < 1.29 is 9.68 Å². The maximum Gasteiger partial charge on any atom is 0.129 e. The van der Waals surface area contributed by atoms with E-state index in [4.69, 9.17) is 14.7 Å². The molecular weight excluding hydrogens is 366 g/mol. The van der Waals surface area contributed by atoms with Crippen LogP contribution in [0.25, 0.3) is 0 Å². The van der Waals surface area contributed by atoms with Gasteiger partial charge in [0.05, 0.1) is 11.4 Å². The third kappa shape index (κ3) is 4.96. The molecule has 0 spiro atoms. The van der Waals surface area contributed by atoms with Crippen LogP contribution in [0.1, 0.15) is 73.3 Å². The van der Waals surface area contributed by atoms with Crippen LogP contribution >= 0.6 is 0 Å². The van der Waals surface area contributed by atoms with Gasteiger partial charge in [-0.1, -0.05) is 10.3 Å². The third-order valence-electron chi connectivity index (χ3n) is 5.29. The van der Waals surface area contributed by atoms with Gasteiger partial charge in [0.15, 0.2) is 0 Å². The van der Waals surface area contributed by atoms with Crippen LogP contribution in [0.2, 0.25) is 0 Å². The van der Waals surface area contributed by atoms with E-state index in [9.17, 15) is 0 Å². The number of oxime groups is 2. The molecule has 0 unspecified atom stereocenters. The number of aryl methyl sites for hydroxylation is 2. The van der Waals surface area contributed by atoms with Gasteiger partial charge in [-0.2, -0.15) is 0 Å². The van der Waals surface area contributed by atoms with Crippen molar-refractivity contribution in [1.82, 2.24) is 15.0 Å². The lowest BCUT2D eigenvalue weighted by atomic mass is 9.95. The van der Waals surface area contributed by atoms with Crippen molar-refractivity contribution in [3.05, 3.63) is 52.9 Å². The Labute approximate surface area is 171 Å². The summed E-state index contributed by atoms with van der Waals surface area (Å²) in [5.41, 5.74) is 6.03. The van der Waals surface area contributed by atoms with E-state index in [2.05, 4.69) is 32.4 Å². The first-order valence-corrected chi connectivity index (χ1v) is 10.3. The number of nitrogens with zero attached hydrogens (tertiary/aromatic N) is 5. The van der Waals surface area contributed by atoms with Crippen LogP contribution in [0.5, 0.6) is 0 Å². The first-order valence-electron chi connectivity index (χ1n) is 10.3. The van der Waals surface area contributed by atoms with Crippen molar-refractivity contribution in [2.45, 2.75) is 57.8 Å². The number of hydrogen-bond acceptors (Lipinski definition) is 7. The Hall–Kier alpha value is -2.83. The molecule has 0 aromatic carbocycles. The molecule has 0 bridgehead atoms. The average molecular weight is 393 g/mol. The highest BCUT2D eigenvalue weighted by molar-refractivity contribution is 6.00. The van der Waals surface area contributed by atoms with Crippen LogP contribution in [0.4, 0.5) is 0 Å². The van der Waals surface area contributed by atoms with E-state index in [1.54, 1.807) is 7.11 Å². The van der Waals surface area contributed by atoms with Crippen molar-refractivity contribution in [3.63, 3.8) is 0 Å². The van der Waals surface area contributed by atoms with Gasteiger partial charge in [0.2, 0.25) is 0 Å². The SMILES string of the molecule is CO/N=C1\CCCc2cnc(CCCO/N=C(\C)c3cc(C4CC4)ccn3)nc21. The Balaban J connectivity index is 1.29. The molecule has 0 radical (unpaired) electrons. The van der Waals surface area contributed by atoms with Crippen molar-refractivity contribution in [2.24, 2.45) is 10.3 Å². The number of aromatic nitrogens is 3. The van der Waals surface area contributed by atoms with Gasteiger partial charge >= 0.3 is 0 Å². The molecule has 1 fully saturated rings. The summed E-state index contributed by atoms with van der Waals surface area (Å²) in [4.78, 5) is 24.1. The highest BCUT2D eigenvalue weighted by atomic mass is 16.6. The van der Waals surface area contributed by atoms with Crippen LogP contribution in [-0.2, 0) is 22.5 Å². The molecule has 2 heterocycles. The fourth-order valence-corrected chi connectivity index (χ4v) is 3.56. The van der Waals surface area contributed by atoms with Crippen molar-refractivity contribution >= 4 is 11.4 Å². The molecule has 2 aromatic heterocycles. The van der Waals surface area contributed by atoms with Gasteiger partial charge in [-0.15, -0.1) is 0 Å². The van der Waals surface area contributed by atoms with E-state index in [1.807, 2.05) is 19.3 Å². The second kappa shape index (κ2) is 9.11. The Morgan fingerprint density at radius 2 is 2.14 bits per heavy atom. The molecule has 152 valence electrons. The minimum Gasteiger partial charge on any atom is -0.399 e. The molecular formula is C22H27N5O2. The van der Waals surface area contributed by atoms with E-state index in [-0.39, 0.29) is 0 Å². The van der Waals surface area contributed by atoms with Gasteiger partial charge in [0.25, 0.3) is 0 Å². The van der Waals surface area contributed by atoms with E-state index in [0.717, 1.165) is 66.3 Å². The molecule has 7 heteroatoms. The topological polar surface area (TPSA) is 81.9 Å². The summed E-state index contributed by atoms with van der Waals surface area (Å²) < 4.78 is 0. The van der Waals surface area contributed by atoms with Gasteiger partial charge in [-0.3, -0.25) is 4.98 Å². The molecule has 0 aliphatic heterocycles. The van der Waals surface area contributed by atoms with Gasteiger partial charge in [0, 0.05) is 18.8 Å². The molecule has 1 saturated carbocycles. The molecule has 29 heavy (non-hydrogen) atoms. The number of rotatable bonds is 8. The third-order valence-corrected chi connectivity index (χ3v) is 5.29. The maximum absolute atomic E-state index is 5.51. The molecule has 2 aromatic rings. The summed E-state index contributed by atoms with van der Waals surface area (Å²) >= 11 is 0. The minimum atomic E-state index is 0.513. The summed E-state index contributed by atoms with van der Waals surface area (Å²) in [6, 6.07) is 4.22. The molecule has 2 aliphatic rings. The van der Waals surface area contributed by atoms with E-state index in [1.165, 1.54) is 18.4 Å². The maximum atomic E-state index is 5.51. The zero-order valence-corrected chi connectivity index (χ0v) is 17.1. The summed E-state index contributed by atoms with van der Waals surface area (Å²) in [6.07, 6.45) is 10.8. The van der Waals surface area contributed by atoms with E-state index in [0.29, 0.717) is 12.5 Å². The van der Waals surface area contributed by atoms with E-state index >= 15 is 0 Å². The van der Waals surface area contributed by atoms with E-state index < -0.39 is 0 Å². The minimum absolute atomic E-state index is 0.513. The predicted molar refractivity (Wildman–Crippen MR) is 111 cm³/mol.